The molecule has 1 amide bonds. The molecule has 1 aliphatic heterocycles. The maximum atomic E-state index is 12.0. The molecule has 3 heterocycles. The Kier molecular flexibility index (Phi) is 4.97. The number of esters is 1. The number of carbonyl (C=O) groups excluding carboxylic acids is 2. The summed E-state index contributed by atoms with van der Waals surface area (Å²) in [6.45, 7) is 6.93. The first-order chi connectivity index (χ1) is 12.1. The third kappa shape index (κ3) is 3.62. The number of nitrogens with zero attached hydrogens (tertiary/aromatic N) is 3. The number of hydrogen-bond acceptors (Lipinski definition) is 6. The van der Waals surface area contributed by atoms with Crippen LogP contribution in [0, 0.1) is 0 Å². The quantitative estimate of drug-likeness (QED) is 0.633. The second kappa shape index (κ2) is 7.33. The molecular formula is C17H21N5O3. The van der Waals surface area contributed by atoms with Crippen LogP contribution in [0.25, 0.3) is 11.2 Å². The van der Waals surface area contributed by atoms with Crippen LogP contribution in [0.15, 0.2) is 25.0 Å². The third-order valence-electron chi connectivity index (χ3n) is 4.21. The van der Waals surface area contributed by atoms with Crippen molar-refractivity contribution in [3.8, 4) is 0 Å². The summed E-state index contributed by atoms with van der Waals surface area (Å²) in [5.41, 5.74) is 1.40. The molecule has 0 radical (unpaired) electrons. The molecule has 8 heteroatoms. The first-order valence-corrected chi connectivity index (χ1v) is 8.31. The molecular weight excluding hydrogens is 322 g/mol. The van der Waals surface area contributed by atoms with Gasteiger partial charge in [-0.15, -0.1) is 0 Å². The summed E-state index contributed by atoms with van der Waals surface area (Å²) in [7, 11) is 0. The van der Waals surface area contributed by atoms with E-state index in [0.29, 0.717) is 42.2 Å². The van der Waals surface area contributed by atoms with Gasteiger partial charge in [-0.25, -0.2) is 14.8 Å². The predicted molar refractivity (Wildman–Crippen MR) is 93.3 cm³/mol. The van der Waals surface area contributed by atoms with E-state index < -0.39 is 5.97 Å². The van der Waals surface area contributed by atoms with E-state index in [-0.39, 0.29) is 11.9 Å². The number of aromatic nitrogens is 3. The van der Waals surface area contributed by atoms with Crippen molar-refractivity contribution in [2.45, 2.75) is 25.8 Å². The van der Waals surface area contributed by atoms with Gasteiger partial charge in [0, 0.05) is 25.3 Å². The van der Waals surface area contributed by atoms with Crippen LogP contribution < -0.4 is 5.32 Å². The summed E-state index contributed by atoms with van der Waals surface area (Å²) in [6, 6.07) is 0.200. The van der Waals surface area contributed by atoms with Crippen molar-refractivity contribution in [1.29, 1.82) is 0 Å². The van der Waals surface area contributed by atoms with Crippen molar-refractivity contribution in [2.75, 3.05) is 25.0 Å². The van der Waals surface area contributed by atoms with Gasteiger partial charge in [0.05, 0.1) is 12.8 Å². The maximum Gasteiger partial charge on any atom is 0.341 e. The van der Waals surface area contributed by atoms with Crippen LogP contribution in [0.3, 0.4) is 0 Å². The lowest BCUT2D eigenvalue weighted by Crippen LogP contribution is -2.41. The first-order valence-electron chi connectivity index (χ1n) is 8.31. The summed E-state index contributed by atoms with van der Waals surface area (Å²) in [5.74, 6) is 0.147. The van der Waals surface area contributed by atoms with Crippen LogP contribution in [-0.4, -0.2) is 57.5 Å². The minimum absolute atomic E-state index is 0.0361. The lowest BCUT2D eigenvalue weighted by molar-refractivity contribution is -0.126. The highest BCUT2D eigenvalue weighted by molar-refractivity contribution is 6.01. The van der Waals surface area contributed by atoms with Crippen LogP contribution in [0.2, 0.25) is 0 Å². The standard InChI is InChI=1S/C17H21N5O3/c1-3-14(23)22-7-5-11(6-8-22)20-13-10-19-16-15(21-13)12(9-18-16)17(24)25-4-2/h3,9-11H,1,4-8H2,2H3,(H,18,19)(H,20,21). The number of ether oxygens (including phenoxy) is 1. The van der Waals surface area contributed by atoms with Gasteiger partial charge in [0.15, 0.2) is 5.65 Å². The largest absolute Gasteiger partial charge is 0.462 e. The number of H-pyrrole nitrogens is 1. The zero-order chi connectivity index (χ0) is 17.8. The molecule has 0 atom stereocenters. The van der Waals surface area contributed by atoms with Crippen molar-refractivity contribution in [3.05, 3.63) is 30.6 Å². The highest BCUT2D eigenvalue weighted by Crippen LogP contribution is 2.20. The number of fused-ring (bicyclic) bond motifs is 1. The van der Waals surface area contributed by atoms with Crippen molar-refractivity contribution in [2.24, 2.45) is 0 Å². The Labute approximate surface area is 145 Å². The summed E-state index contributed by atoms with van der Waals surface area (Å²) < 4.78 is 5.04. The predicted octanol–water partition coefficient (Wildman–Crippen LogP) is 1.72. The van der Waals surface area contributed by atoms with Gasteiger partial charge in [-0.1, -0.05) is 6.58 Å². The van der Waals surface area contributed by atoms with Crippen LogP contribution in [0.5, 0.6) is 0 Å². The minimum Gasteiger partial charge on any atom is -0.462 e. The van der Waals surface area contributed by atoms with E-state index in [0.717, 1.165) is 12.8 Å². The number of anilines is 1. The second-order valence-electron chi connectivity index (χ2n) is 5.82. The second-order valence-corrected chi connectivity index (χ2v) is 5.82. The van der Waals surface area contributed by atoms with Crippen molar-refractivity contribution >= 4 is 28.9 Å². The molecule has 1 fully saturated rings. The molecule has 0 spiro atoms. The number of amides is 1. The van der Waals surface area contributed by atoms with Gasteiger partial charge in [-0.05, 0) is 25.8 Å². The van der Waals surface area contributed by atoms with Crippen molar-refractivity contribution in [1.82, 2.24) is 19.9 Å². The Bertz CT molecular complexity index is 793. The molecule has 0 saturated carbocycles. The van der Waals surface area contributed by atoms with Crippen molar-refractivity contribution < 1.29 is 14.3 Å². The van der Waals surface area contributed by atoms with Gasteiger partial charge in [0.2, 0.25) is 5.91 Å². The summed E-state index contributed by atoms with van der Waals surface area (Å²) in [5, 5.41) is 3.34. The Morgan fingerprint density at radius 2 is 2.24 bits per heavy atom. The SMILES string of the molecule is C=CC(=O)N1CCC(Nc2cnc3[nH]cc(C(=O)OCC)c3n2)CC1. The fourth-order valence-corrected chi connectivity index (χ4v) is 2.91. The first kappa shape index (κ1) is 16.9. The number of aromatic amines is 1. The smallest absolute Gasteiger partial charge is 0.341 e. The summed E-state index contributed by atoms with van der Waals surface area (Å²) in [4.78, 5) is 37.1. The number of hydrogen-bond donors (Lipinski definition) is 2. The van der Waals surface area contributed by atoms with Gasteiger partial charge in [0.25, 0.3) is 0 Å². The van der Waals surface area contributed by atoms with E-state index in [4.69, 9.17) is 4.74 Å². The molecule has 2 aromatic heterocycles. The average Bonchev–Trinajstić information content (AvgIpc) is 3.05. The van der Waals surface area contributed by atoms with Crippen LogP contribution in [-0.2, 0) is 9.53 Å². The van der Waals surface area contributed by atoms with Gasteiger partial charge in [-0.3, -0.25) is 4.79 Å². The fourth-order valence-electron chi connectivity index (χ4n) is 2.91. The van der Waals surface area contributed by atoms with Crippen LogP contribution in [0.4, 0.5) is 5.82 Å². The molecule has 1 saturated heterocycles. The molecule has 0 bridgehead atoms. The molecule has 0 unspecified atom stereocenters. The van der Waals surface area contributed by atoms with E-state index in [1.54, 1.807) is 24.2 Å². The Morgan fingerprint density at radius 1 is 1.48 bits per heavy atom. The van der Waals surface area contributed by atoms with E-state index >= 15 is 0 Å². The maximum absolute atomic E-state index is 12.0. The normalized spacial score (nSPS) is 15.2. The fraction of sp³-hybridized carbons (Fsp3) is 0.412. The number of nitrogens with one attached hydrogen (secondary N) is 2. The lowest BCUT2D eigenvalue weighted by Gasteiger charge is -2.31. The molecule has 8 nitrogen and oxygen atoms in total. The molecule has 2 aromatic rings. The molecule has 0 aliphatic carbocycles. The third-order valence-corrected chi connectivity index (χ3v) is 4.21. The topological polar surface area (TPSA) is 100 Å². The Morgan fingerprint density at radius 3 is 2.92 bits per heavy atom. The van der Waals surface area contributed by atoms with Crippen LogP contribution in [0.1, 0.15) is 30.1 Å². The minimum atomic E-state index is -0.420. The van der Waals surface area contributed by atoms with Gasteiger partial charge >= 0.3 is 5.97 Å². The van der Waals surface area contributed by atoms with Crippen molar-refractivity contribution in [3.63, 3.8) is 0 Å². The van der Waals surface area contributed by atoms with Gasteiger partial charge in [-0.2, -0.15) is 0 Å². The van der Waals surface area contributed by atoms with E-state index in [1.807, 2.05) is 0 Å². The number of likely N-dealkylation sites (tertiary alicyclic amines) is 1. The number of carbonyl (C=O) groups is 2. The Balaban J connectivity index is 1.70. The molecule has 2 N–H and O–H groups in total. The van der Waals surface area contributed by atoms with E-state index in [9.17, 15) is 9.59 Å². The monoisotopic (exact) mass is 343 g/mol. The zero-order valence-corrected chi connectivity index (χ0v) is 14.1. The van der Waals surface area contributed by atoms with Gasteiger partial charge in [0.1, 0.15) is 16.9 Å². The Hall–Kier alpha value is -2.90. The van der Waals surface area contributed by atoms with E-state index in [1.165, 1.54) is 6.08 Å². The molecule has 132 valence electrons. The average molecular weight is 343 g/mol. The lowest BCUT2D eigenvalue weighted by atomic mass is 10.1. The highest BCUT2D eigenvalue weighted by atomic mass is 16.5. The van der Waals surface area contributed by atoms with E-state index in [2.05, 4.69) is 26.8 Å². The summed E-state index contributed by atoms with van der Waals surface area (Å²) >= 11 is 0. The zero-order valence-electron chi connectivity index (χ0n) is 14.1. The molecule has 1 aliphatic rings. The molecule has 25 heavy (non-hydrogen) atoms. The highest BCUT2D eigenvalue weighted by Gasteiger charge is 2.22. The molecule has 0 aromatic carbocycles. The van der Waals surface area contributed by atoms with Crippen LogP contribution >= 0.6 is 0 Å². The number of piperidine rings is 1. The summed E-state index contributed by atoms with van der Waals surface area (Å²) in [6.07, 6.45) is 6.17. The number of rotatable bonds is 5. The van der Waals surface area contributed by atoms with Gasteiger partial charge < -0.3 is 19.9 Å². The molecule has 3 rings (SSSR count).